The molecule has 0 aliphatic carbocycles. The molecular weight excluding hydrogens is 197 g/mol. The van der Waals surface area contributed by atoms with Crippen LogP contribution in [0.2, 0.25) is 0 Å². The molecule has 0 amide bonds. The van der Waals surface area contributed by atoms with Gasteiger partial charge in [0, 0.05) is 12.1 Å². The summed E-state index contributed by atoms with van der Waals surface area (Å²) in [6.07, 6.45) is -0.763. The highest BCUT2D eigenvalue weighted by atomic mass is 19.1. The lowest BCUT2D eigenvalue weighted by Gasteiger charge is -2.17. The summed E-state index contributed by atoms with van der Waals surface area (Å²) in [4.78, 5) is 0. The zero-order chi connectivity index (χ0) is 11.4. The van der Waals surface area contributed by atoms with Gasteiger partial charge < -0.3 is 15.2 Å². The van der Waals surface area contributed by atoms with E-state index in [9.17, 15) is 9.50 Å². The quantitative estimate of drug-likeness (QED) is 0.794. The van der Waals surface area contributed by atoms with Crippen molar-refractivity contribution in [2.24, 2.45) is 0 Å². The predicted molar refractivity (Wildman–Crippen MR) is 56.6 cm³/mol. The lowest BCUT2D eigenvalue weighted by Crippen LogP contribution is -2.18. The lowest BCUT2D eigenvalue weighted by molar-refractivity contribution is 0.172. The van der Waals surface area contributed by atoms with Gasteiger partial charge in [0.25, 0.3) is 0 Å². The molecule has 0 bridgehead atoms. The van der Waals surface area contributed by atoms with Crippen LogP contribution in [0, 0.1) is 12.7 Å². The summed E-state index contributed by atoms with van der Waals surface area (Å²) in [5.41, 5.74) is 0.934. The monoisotopic (exact) mass is 213 g/mol. The van der Waals surface area contributed by atoms with E-state index in [1.54, 1.807) is 14.0 Å². The first kappa shape index (κ1) is 11.9. The number of hydrogen-bond acceptors (Lipinski definition) is 3. The van der Waals surface area contributed by atoms with E-state index in [2.05, 4.69) is 5.32 Å². The van der Waals surface area contributed by atoms with Crippen LogP contribution in [-0.4, -0.2) is 25.8 Å². The Labute approximate surface area is 88.9 Å². The van der Waals surface area contributed by atoms with Crippen LogP contribution in [0.15, 0.2) is 12.1 Å². The molecule has 3 nitrogen and oxygen atoms in total. The van der Waals surface area contributed by atoms with Gasteiger partial charge in [-0.15, -0.1) is 0 Å². The van der Waals surface area contributed by atoms with Crippen LogP contribution >= 0.6 is 0 Å². The Balaban J connectivity index is 3.17. The summed E-state index contributed by atoms with van der Waals surface area (Å²) in [6.45, 7) is 1.99. The van der Waals surface area contributed by atoms with Crippen molar-refractivity contribution in [2.75, 3.05) is 20.7 Å². The predicted octanol–water partition coefficient (Wildman–Crippen LogP) is 1.40. The van der Waals surface area contributed by atoms with Crippen LogP contribution in [0.1, 0.15) is 17.2 Å². The number of aliphatic hydroxyl groups excluding tert-OH is 1. The van der Waals surface area contributed by atoms with Gasteiger partial charge in [0.2, 0.25) is 0 Å². The third-order valence-corrected chi connectivity index (χ3v) is 2.36. The molecule has 15 heavy (non-hydrogen) atoms. The minimum absolute atomic E-state index is 0.332. The highest BCUT2D eigenvalue weighted by molar-refractivity contribution is 5.42. The summed E-state index contributed by atoms with van der Waals surface area (Å²) in [5, 5.41) is 12.7. The number of aliphatic hydroxyl groups is 1. The van der Waals surface area contributed by atoms with Gasteiger partial charge in [-0.05, 0) is 31.7 Å². The van der Waals surface area contributed by atoms with Gasteiger partial charge in [0.1, 0.15) is 11.6 Å². The van der Waals surface area contributed by atoms with Crippen LogP contribution in [0.3, 0.4) is 0 Å². The Morgan fingerprint density at radius 2 is 2.20 bits per heavy atom. The van der Waals surface area contributed by atoms with Crippen LogP contribution in [0.5, 0.6) is 5.75 Å². The number of benzene rings is 1. The fraction of sp³-hybridized carbons (Fsp3) is 0.455. The molecule has 0 aromatic heterocycles. The van der Waals surface area contributed by atoms with Gasteiger partial charge in [-0.25, -0.2) is 4.39 Å². The van der Waals surface area contributed by atoms with Crippen LogP contribution in [0.4, 0.5) is 4.39 Å². The van der Waals surface area contributed by atoms with E-state index in [1.807, 2.05) is 0 Å². The number of rotatable bonds is 4. The average molecular weight is 213 g/mol. The fourth-order valence-corrected chi connectivity index (χ4v) is 1.56. The van der Waals surface area contributed by atoms with Crippen molar-refractivity contribution < 1.29 is 14.2 Å². The van der Waals surface area contributed by atoms with E-state index in [0.29, 0.717) is 23.4 Å². The van der Waals surface area contributed by atoms with Gasteiger partial charge in [0.05, 0.1) is 13.2 Å². The molecule has 1 aromatic rings. The Morgan fingerprint density at radius 3 is 2.73 bits per heavy atom. The van der Waals surface area contributed by atoms with Crippen LogP contribution < -0.4 is 10.1 Å². The first-order chi connectivity index (χ1) is 7.11. The van der Waals surface area contributed by atoms with Crippen LogP contribution in [0.25, 0.3) is 0 Å². The zero-order valence-corrected chi connectivity index (χ0v) is 9.17. The first-order valence-electron chi connectivity index (χ1n) is 4.77. The number of likely N-dealkylation sites (N-methyl/N-ethyl adjacent to an activating group) is 1. The molecule has 1 atom stereocenters. The Hall–Kier alpha value is -1.13. The van der Waals surface area contributed by atoms with E-state index >= 15 is 0 Å². The SMILES string of the molecule is CNCC(O)c1c(OC)ccc(F)c1C. The Morgan fingerprint density at radius 1 is 1.53 bits per heavy atom. The third kappa shape index (κ3) is 2.46. The van der Waals surface area contributed by atoms with E-state index in [0.717, 1.165) is 0 Å². The smallest absolute Gasteiger partial charge is 0.126 e. The largest absolute Gasteiger partial charge is 0.496 e. The first-order valence-corrected chi connectivity index (χ1v) is 4.77. The molecule has 0 saturated heterocycles. The maximum atomic E-state index is 13.3. The Kier molecular flexibility index (Phi) is 4.05. The van der Waals surface area contributed by atoms with Gasteiger partial charge in [0.15, 0.2) is 0 Å². The Bertz CT molecular complexity index is 342. The zero-order valence-electron chi connectivity index (χ0n) is 9.17. The molecule has 0 heterocycles. The molecule has 0 spiro atoms. The van der Waals surface area contributed by atoms with Crippen molar-refractivity contribution in [3.8, 4) is 5.75 Å². The summed E-state index contributed by atoms with van der Waals surface area (Å²) in [5.74, 6) is 0.178. The van der Waals surface area contributed by atoms with E-state index in [1.165, 1.54) is 19.2 Å². The maximum Gasteiger partial charge on any atom is 0.126 e. The normalized spacial score (nSPS) is 12.6. The molecule has 1 rings (SSSR count). The van der Waals surface area contributed by atoms with Crippen molar-refractivity contribution in [3.63, 3.8) is 0 Å². The van der Waals surface area contributed by atoms with Gasteiger partial charge in [-0.2, -0.15) is 0 Å². The molecule has 0 radical (unpaired) electrons. The summed E-state index contributed by atoms with van der Waals surface area (Å²) >= 11 is 0. The summed E-state index contributed by atoms with van der Waals surface area (Å²) in [7, 11) is 3.23. The maximum absolute atomic E-state index is 13.3. The van der Waals surface area contributed by atoms with Crippen molar-refractivity contribution in [1.29, 1.82) is 0 Å². The number of hydrogen-bond donors (Lipinski definition) is 2. The van der Waals surface area contributed by atoms with Crippen molar-refractivity contribution in [2.45, 2.75) is 13.0 Å². The van der Waals surface area contributed by atoms with E-state index < -0.39 is 6.10 Å². The van der Waals surface area contributed by atoms with Crippen molar-refractivity contribution in [1.82, 2.24) is 5.32 Å². The van der Waals surface area contributed by atoms with Crippen molar-refractivity contribution >= 4 is 0 Å². The number of nitrogens with one attached hydrogen (secondary N) is 1. The second kappa shape index (κ2) is 5.09. The van der Waals surface area contributed by atoms with Crippen LogP contribution in [-0.2, 0) is 0 Å². The summed E-state index contributed by atoms with van der Waals surface area (Å²) < 4.78 is 18.4. The molecule has 1 unspecified atom stereocenters. The highest BCUT2D eigenvalue weighted by Crippen LogP contribution is 2.29. The lowest BCUT2D eigenvalue weighted by atomic mass is 10.0. The summed E-state index contributed by atoms with van der Waals surface area (Å²) in [6, 6.07) is 2.86. The minimum atomic E-state index is -0.763. The highest BCUT2D eigenvalue weighted by Gasteiger charge is 2.17. The standard InChI is InChI=1S/C11H16FNO2/c1-7-8(12)4-5-10(15-3)11(7)9(14)6-13-2/h4-5,9,13-14H,6H2,1-3H3. The van der Waals surface area contributed by atoms with E-state index in [4.69, 9.17) is 4.74 Å². The molecule has 0 aliphatic rings. The molecule has 0 fully saturated rings. The molecule has 0 saturated carbocycles. The average Bonchev–Trinajstić information content (AvgIpc) is 2.22. The fourth-order valence-electron chi connectivity index (χ4n) is 1.56. The number of methoxy groups -OCH3 is 1. The second-order valence-corrected chi connectivity index (χ2v) is 3.36. The molecule has 0 aliphatic heterocycles. The molecule has 84 valence electrons. The molecular formula is C11H16FNO2. The minimum Gasteiger partial charge on any atom is -0.496 e. The third-order valence-electron chi connectivity index (χ3n) is 2.36. The topological polar surface area (TPSA) is 41.5 Å². The van der Waals surface area contributed by atoms with Gasteiger partial charge in [-0.1, -0.05) is 0 Å². The number of halogens is 1. The van der Waals surface area contributed by atoms with Crippen molar-refractivity contribution in [3.05, 3.63) is 29.1 Å². The van der Waals surface area contributed by atoms with Gasteiger partial charge >= 0.3 is 0 Å². The number of ether oxygens (including phenoxy) is 1. The van der Waals surface area contributed by atoms with Gasteiger partial charge in [-0.3, -0.25) is 0 Å². The molecule has 4 heteroatoms. The second-order valence-electron chi connectivity index (χ2n) is 3.36. The van der Waals surface area contributed by atoms with E-state index in [-0.39, 0.29) is 5.82 Å². The molecule has 2 N–H and O–H groups in total. The molecule has 1 aromatic carbocycles.